The highest BCUT2D eigenvalue weighted by Gasteiger charge is 2.21. The van der Waals surface area contributed by atoms with E-state index < -0.39 is 0 Å². The highest BCUT2D eigenvalue weighted by molar-refractivity contribution is 5.37. The molecule has 0 aromatic heterocycles. The van der Waals surface area contributed by atoms with Gasteiger partial charge < -0.3 is 0 Å². The van der Waals surface area contributed by atoms with Gasteiger partial charge in [-0.1, -0.05) is 44.6 Å². The minimum atomic E-state index is 0.309. The van der Waals surface area contributed by atoms with E-state index in [9.17, 15) is 0 Å². The Balaban J connectivity index is 2.65. The van der Waals surface area contributed by atoms with Gasteiger partial charge >= 0.3 is 0 Å². The molecule has 0 N–H and O–H groups in total. The Bertz CT molecular complexity index is 170. The lowest BCUT2D eigenvalue weighted by atomic mass is 9.81. The number of hydrogen-bond acceptors (Lipinski definition) is 0. The summed E-state index contributed by atoms with van der Waals surface area (Å²) in [6.45, 7) is 6.71. The van der Waals surface area contributed by atoms with Crippen molar-refractivity contribution in [2.75, 3.05) is 0 Å². The van der Waals surface area contributed by atoms with Crippen LogP contribution in [-0.2, 0) is 0 Å². The van der Waals surface area contributed by atoms with Crippen LogP contribution in [0.25, 0.3) is 0 Å². The first kappa shape index (κ1) is 7.59. The maximum absolute atomic E-state index is 3.23. The van der Waals surface area contributed by atoms with Crippen LogP contribution in [0.5, 0.6) is 0 Å². The van der Waals surface area contributed by atoms with Gasteiger partial charge in [0.05, 0.1) is 0 Å². The first-order valence-electron chi connectivity index (χ1n) is 3.80. The first-order chi connectivity index (χ1) is 4.67. The fourth-order valence-corrected chi connectivity index (χ4v) is 0.942. The summed E-state index contributed by atoms with van der Waals surface area (Å²) in [7, 11) is 0. The van der Waals surface area contributed by atoms with Gasteiger partial charge in [-0.3, -0.25) is 0 Å². The molecule has 0 heteroatoms. The predicted octanol–water partition coefficient (Wildman–Crippen LogP) is 3.00. The zero-order valence-electron chi connectivity index (χ0n) is 6.94. The molecule has 1 aliphatic carbocycles. The Hall–Kier alpha value is -0.520. The van der Waals surface area contributed by atoms with Crippen molar-refractivity contribution in [1.29, 1.82) is 0 Å². The molecule has 0 amide bonds. The van der Waals surface area contributed by atoms with E-state index in [2.05, 4.69) is 33.3 Å². The quantitative estimate of drug-likeness (QED) is 0.544. The van der Waals surface area contributed by atoms with E-state index in [4.69, 9.17) is 0 Å². The van der Waals surface area contributed by atoms with E-state index in [1.807, 2.05) is 12.2 Å². The standard InChI is InChI=1S/C10H14/c1-4-10(2,3)9-7-5-6-8-9/h5-7H,4H2,1-3H3. The summed E-state index contributed by atoms with van der Waals surface area (Å²) in [5.74, 6) is 0. The van der Waals surface area contributed by atoms with Crippen LogP contribution in [0.1, 0.15) is 27.2 Å². The lowest BCUT2D eigenvalue weighted by molar-refractivity contribution is 0.437. The van der Waals surface area contributed by atoms with Crippen LogP contribution in [0, 0.1) is 11.8 Å². The van der Waals surface area contributed by atoms with Gasteiger partial charge in [0, 0.05) is 6.42 Å². The van der Waals surface area contributed by atoms with E-state index in [1.165, 1.54) is 12.0 Å². The van der Waals surface area contributed by atoms with Crippen molar-refractivity contribution in [3.05, 3.63) is 30.2 Å². The predicted molar refractivity (Wildman–Crippen MR) is 44.5 cm³/mol. The number of rotatable bonds is 2. The molecule has 54 valence electrons. The Kier molecular flexibility index (Phi) is 1.98. The monoisotopic (exact) mass is 134 g/mol. The number of allylic oxidation sites excluding steroid dienone is 4. The van der Waals surface area contributed by atoms with Gasteiger partial charge in [0.1, 0.15) is 0 Å². The summed E-state index contributed by atoms with van der Waals surface area (Å²) < 4.78 is 0. The lowest BCUT2D eigenvalue weighted by Gasteiger charge is -2.23. The van der Waals surface area contributed by atoms with E-state index >= 15 is 0 Å². The zero-order valence-corrected chi connectivity index (χ0v) is 6.94. The van der Waals surface area contributed by atoms with Gasteiger partial charge in [0.2, 0.25) is 0 Å². The molecular formula is C10H14. The van der Waals surface area contributed by atoms with Gasteiger partial charge in [-0.15, -0.1) is 0 Å². The molecule has 0 nitrogen and oxygen atoms in total. The molecule has 0 aromatic rings. The van der Waals surface area contributed by atoms with Crippen LogP contribution in [0.4, 0.5) is 0 Å². The molecule has 0 heterocycles. The summed E-state index contributed by atoms with van der Waals surface area (Å²) >= 11 is 0. The first-order valence-corrected chi connectivity index (χ1v) is 3.80. The summed E-state index contributed by atoms with van der Waals surface area (Å²) in [6.07, 6.45) is 10.6. The van der Waals surface area contributed by atoms with Gasteiger partial charge in [0.15, 0.2) is 0 Å². The second-order valence-electron chi connectivity index (χ2n) is 3.32. The van der Waals surface area contributed by atoms with Crippen LogP contribution in [-0.4, -0.2) is 0 Å². The maximum Gasteiger partial charge on any atom is 0.0384 e. The minimum Gasteiger partial charge on any atom is -0.0718 e. The largest absolute Gasteiger partial charge is 0.0718 e. The SMILES string of the molecule is CCC(C)(C)C1=CC=C[C]1. The molecule has 0 atom stereocenters. The molecule has 0 spiro atoms. The fraction of sp³-hybridized carbons (Fsp3) is 0.500. The third-order valence-corrected chi connectivity index (χ3v) is 2.21. The van der Waals surface area contributed by atoms with Crippen molar-refractivity contribution in [2.45, 2.75) is 27.2 Å². The highest BCUT2D eigenvalue weighted by Crippen LogP contribution is 2.33. The van der Waals surface area contributed by atoms with E-state index in [0.717, 1.165) is 0 Å². The van der Waals surface area contributed by atoms with Crippen molar-refractivity contribution in [2.24, 2.45) is 5.41 Å². The van der Waals surface area contributed by atoms with Crippen molar-refractivity contribution < 1.29 is 0 Å². The Morgan fingerprint density at radius 2 is 2.20 bits per heavy atom. The van der Waals surface area contributed by atoms with Crippen molar-refractivity contribution >= 4 is 0 Å². The summed E-state index contributed by atoms with van der Waals surface area (Å²) in [4.78, 5) is 0. The van der Waals surface area contributed by atoms with Gasteiger partial charge in [0.25, 0.3) is 0 Å². The van der Waals surface area contributed by atoms with E-state index in [-0.39, 0.29) is 0 Å². The van der Waals surface area contributed by atoms with Gasteiger partial charge in [-0.05, 0) is 11.8 Å². The molecule has 0 aliphatic heterocycles. The van der Waals surface area contributed by atoms with Crippen LogP contribution >= 0.6 is 0 Å². The average molecular weight is 134 g/mol. The van der Waals surface area contributed by atoms with Crippen molar-refractivity contribution in [3.63, 3.8) is 0 Å². The zero-order chi connectivity index (χ0) is 7.61. The van der Waals surface area contributed by atoms with Crippen LogP contribution in [0.15, 0.2) is 23.8 Å². The molecule has 10 heavy (non-hydrogen) atoms. The summed E-state index contributed by atoms with van der Waals surface area (Å²) in [6, 6.07) is 0. The maximum atomic E-state index is 3.23. The molecule has 1 aliphatic rings. The van der Waals surface area contributed by atoms with Crippen LogP contribution < -0.4 is 0 Å². The molecule has 0 saturated heterocycles. The molecule has 1 rings (SSSR count). The summed E-state index contributed by atoms with van der Waals surface area (Å²) in [5.41, 5.74) is 1.64. The highest BCUT2D eigenvalue weighted by atomic mass is 14.2. The topological polar surface area (TPSA) is 0 Å². The normalized spacial score (nSPS) is 17.7. The van der Waals surface area contributed by atoms with Crippen molar-refractivity contribution in [3.8, 4) is 0 Å². The molecule has 0 bridgehead atoms. The fourth-order valence-electron chi connectivity index (χ4n) is 0.942. The van der Waals surface area contributed by atoms with Crippen molar-refractivity contribution in [1.82, 2.24) is 0 Å². The Morgan fingerprint density at radius 3 is 2.60 bits per heavy atom. The molecule has 0 aromatic carbocycles. The second-order valence-corrected chi connectivity index (χ2v) is 3.32. The van der Waals surface area contributed by atoms with Gasteiger partial charge in [-0.25, -0.2) is 0 Å². The Morgan fingerprint density at radius 1 is 1.50 bits per heavy atom. The third-order valence-electron chi connectivity index (χ3n) is 2.21. The van der Waals surface area contributed by atoms with E-state index in [0.29, 0.717) is 5.41 Å². The van der Waals surface area contributed by atoms with Crippen LogP contribution in [0.3, 0.4) is 0 Å². The van der Waals surface area contributed by atoms with E-state index in [1.54, 1.807) is 0 Å². The molecule has 0 unspecified atom stereocenters. The molecule has 0 saturated carbocycles. The van der Waals surface area contributed by atoms with Crippen LogP contribution in [0.2, 0.25) is 0 Å². The average Bonchev–Trinajstić information content (AvgIpc) is 2.38. The lowest BCUT2D eigenvalue weighted by Crippen LogP contribution is -2.11. The molecular weight excluding hydrogens is 120 g/mol. The second kappa shape index (κ2) is 2.61. The number of hydrogen-bond donors (Lipinski definition) is 0. The minimum absolute atomic E-state index is 0.309. The third kappa shape index (κ3) is 1.31. The smallest absolute Gasteiger partial charge is 0.0384 e. The van der Waals surface area contributed by atoms with Gasteiger partial charge in [-0.2, -0.15) is 0 Å². The summed E-state index contributed by atoms with van der Waals surface area (Å²) in [5, 5.41) is 0. The molecule has 0 fully saturated rings. The Labute approximate surface area is 63.6 Å². The molecule has 2 radical (unpaired) electrons.